The molecule has 2 aromatic heterocycles. The lowest BCUT2D eigenvalue weighted by molar-refractivity contribution is 0.361. The van der Waals surface area contributed by atoms with Gasteiger partial charge in [-0.2, -0.15) is 4.98 Å². The molecule has 0 fully saturated rings. The number of aryl methyl sites for hydroxylation is 1. The Labute approximate surface area is 140 Å². The third kappa shape index (κ3) is 3.23. The Balaban J connectivity index is 1.95. The molecule has 126 valence electrons. The zero-order valence-corrected chi connectivity index (χ0v) is 14.5. The lowest BCUT2D eigenvalue weighted by Crippen LogP contribution is -2.12. The summed E-state index contributed by atoms with van der Waals surface area (Å²) in [5.41, 5.74) is 1.77. The maximum absolute atomic E-state index is 12.7. The Hall–Kier alpha value is -2.48. The standard InChI is InChI=1S/C16H18N4O3S/c1-11(2)15-18-14(19-23-15)10-24(21,22)16-17-7-8-20(16)13-6-4-5-12(3)9-13/h4-9,11H,10H2,1-3H3. The van der Waals surface area contributed by atoms with E-state index in [1.54, 1.807) is 10.8 Å². The van der Waals surface area contributed by atoms with Gasteiger partial charge in [0.15, 0.2) is 5.82 Å². The molecule has 1 aromatic carbocycles. The average Bonchev–Trinajstić information content (AvgIpc) is 3.15. The summed E-state index contributed by atoms with van der Waals surface area (Å²) in [6, 6.07) is 7.54. The third-order valence-corrected chi connectivity index (χ3v) is 4.96. The summed E-state index contributed by atoms with van der Waals surface area (Å²) in [5.74, 6) is 0.245. The summed E-state index contributed by atoms with van der Waals surface area (Å²) in [7, 11) is -3.71. The molecule has 24 heavy (non-hydrogen) atoms. The van der Waals surface area contributed by atoms with E-state index < -0.39 is 9.84 Å². The normalized spacial score (nSPS) is 12.0. The van der Waals surface area contributed by atoms with Crippen LogP contribution < -0.4 is 0 Å². The number of nitrogens with zero attached hydrogens (tertiary/aromatic N) is 4. The largest absolute Gasteiger partial charge is 0.339 e. The van der Waals surface area contributed by atoms with Crippen LogP contribution >= 0.6 is 0 Å². The van der Waals surface area contributed by atoms with Gasteiger partial charge in [-0.1, -0.05) is 31.1 Å². The highest BCUT2D eigenvalue weighted by molar-refractivity contribution is 7.90. The van der Waals surface area contributed by atoms with Crippen LogP contribution in [0.3, 0.4) is 0 Å². The van der Waals surface area contributed by atoms with Crippen molar-refractivity contribution >= 4 is 9.84 Å². The molecule has 0 aliphatic heterocycles. The average molecular weight is 346 g/mol. The lowest BCUT2D eigenvalue weighted by Gasteiger charge is -2.08. The molecule has 0 spiro atoms. The summed E-state index contributed by atoms with van der Waals surface area (Å²) in [6.07, 6.45) is 3.09. The monoisotopic (exact) mass is 346 g/mol. The molecule has 0 aliphatic rings. The zero-order chi connectivity index (χ0) is 17.3. The summed E-state index contributed by atoms with van der Waals surface area (Å²) >= 11 is 0. The highest BCUT2D eigenvalue weighted by atomic mass is 32.2. The second-order valence-corrected chi connectivity index (χ2v) is 7.76. The van der Waals surface area contributed by atoms with Crippen molar-refractivity contribution in [2.24, 2.45) is 0 Å². The number of hydrogen-bond acceptors (Lipinski definition) is 6. The first-order valence-corrected chi connectivity index (χ1v) is 9.17. The molecule has 3 rings (SSSR count). The van der Waals surface area contributed by atoms with Crippen molar-refractivity contribution in [2.75, 3.05) is 0 Å². The van der Waals surface area contributed by atoms with Crippen LogP contribution in [0.4, 0.5) is 0 Å². The third-order valence-electron chi connectivity index (χ3n) is 3.46. The van der Waals surface area contributed by atoms with E-state index in [4.69, 9.17) is 4.52 Å². The Bertz CT molecular complexity index is 957. The van der Waals surface area contributed by atoms with Crippen LogP contribution in [0.15, 0.2) is 46.3 Å². The molecular formula is C16H18N4O3S. The van der Waals surface area contributed by atoms with Crippen LogP contribution in [0.25, 0.3) is 5.69 Å². The van der Waals surface area contributed by atoms with E-state index >= 15 is 0 Å². The fourth-order valence-electron chi connectivity index (χ4n) is 2.29. The van der Waals surface area contributed by atoms with Gasteiger partial charge < -0.3 is 4.52 Å². The highest BCUT2D eigenvalue weighted by Crippen LogP contribution is 2.20. The smallest absolute Gasteiger partial charge is 0.232 e. The molecule has 0 bridgehead atoms. The van der Waals surface area contributed by atoms with E-state index in [1.807, 2.05) is 45.0 Å². The quantitative estimate of drug-likeness (QED) is 0.705. The first-order chi connectivity index (χ1) is 11.4. The molecule has 8 heteroatoms. The van der Waals surface area contributed by atoms with Crippen molar-refractivity contribution in [3.63, 3.8) is 0 Å². The van der Waals surface area contributed by atoms with Gasteiger partial charge in [-0.15, -0.1) is 0 Å². The van der Waals surface area contributed by atoms with Crippen molar-refractivity contribution in [3.05, 3.63) is 53.9 Å². The van der Waals surface area contributed by atoms with Crippen molar-refractivity contribution in [1.29, 1.82) is 0 Å². The number of rotatable bonds is 5. The molecule has 0 saturated heterocycles. The molecule has 0 radical (unpaired) electrons. The van der Waals surface area contributed by atoms with Gasteiger partial charge in [0, 0.05) is 24.0 Å². The van der Waals surface area contributed by atoms with E-state index in [-0.39, 0.29) is 22.7 Å². The van der Waals surface area contributed by atoms with Crippen molar-refractivity contribution < 1.29 is 12.9 Å². The van der Waals surface area contributed by atoms with Crippen LogP contribution in [0.2, 0.25) is 0 Å². The minimum atomic E-state index is -3.71. The predicted octanol–water partition coefficient (Wildman–Crippen LogP) is 2.66. The second-order valence-electron chi connectivity index (χ2n) is 5.88. The Morgan fingerprint density at radius 1 is 1.29 bits per heavy atom. The van der Waals surface area contributed by atoms with Crippen molar-refractivity contribution in [2.45, 2.75) is 37.6 Å². The van der Waals surface area contributed by atoms with Crippen LogP contribution in [0.5, 0.6) is 0 Å². The van der Waals surface area contributed by atoms with E-state index in [9.17, 15) is 8.42 Å². The molecule has 0 atom stereocenters. The topological polar surface area (TPSA) is 90.9 Å². The van der Waals surface area contributed by atoms with Crippen LogP contribution in [0.1, 0.15) is 37.0 Å². The number of benzene rings is 1. The molecule has 3 aromatic rings. The van der Waals surface area contributed by atoms with E-state index in [2.05, 4.69) is 15.1 Å². The molecular weight excluding hydrogens is 328 g/mol. The fourth-order valence-corrected chi connectivity index (χ4v) is 3.56. The summed E-state index contributed by atoms with van der Waals surface area (Å²) in [5, 5.41) is 3.71. The molecule has 0 saturated carbocycles. The van der Waals surface area contributed by atoms with Gasteiger partial charge in [-0.3, -0.25) is 4.57 Å². The van der Waals surface area contributed by atoms with Crippen LogP contribution in [-0.4, -0.2) is 28.1 Å². The van der Waals surface area contributed by atoms with Crippen molar-refractivity contribution in [1.82, 2.24) is 19.7 Å². The van der Waals surface area contributed by atoms with Crippen LogP contribution in [0, 0.1) is 6.92 Å². The van der Waals surface area contributed by atoms with Gasteiger partial charge in [0.1, 0.15) is 5.75 Å². The van der Waals surface area contributed by atoms with Crippen molar-refractivity contribution in [3.8, 4) is 5.69 Å². The Kier molecular flexibility index (Phi) is 4.23. The van der Waals surface area contributed by atoms with Crippen LogP contribution in [-0.2, 0) is 15.6 Å². The maximum Gasteiger partial charge on any atom is 0.232 e. The first kappa shape index (κ1) is 16.4. The Morgan fingerprint density at radius 3 is 2.75 bits per heavy atom. The number of imidazole rings is 1. The van der Waals surface area contributed by atoms with Gasteiger partial charge >= 0.3 is 0 Å². The maximum atomic E-state index is 12.7. The van der Waals surface area contributed by atoms with Gasteiger partial charge in [-0.25, -0.2) is 13.4 Å². The molecule has 0 N–H and O–H groups in total. The fraction of sp³-hybridized carbons (Fsp3) is 0.312. The SMILES string of the molecule is Cc1cccc(-n2ccnc2S(=O)(=O)Cc2noc(C(C)C)n2)c1. The van der Waals surface area contributed by atoms with Gasteiger partial charge in [-0.05, 0) is 24.6 Å². The van der Waals surface area contributed by atoms with Gasteiger partial charge in [0.2, 0.25) is 20.9 Å². The minimum Gasteiger partial charge on any atom is -0.339 e. The Morgan fingerprint density at radius 2 is 2.08 bits per heavy atom. The number of sulfone groups is 1. The summed E-state index contributed by atoms with van der Waals surface area (Å²) in [6.45, 7) is 5.74. The predicted molar refractivity (Wildman–Crippen MR) is 87.6 cm³/mol. The van der Waals surface area contributed by atoms with E-state index in [0.717, 1.165) is 11.3 Å². The van der Waals surface area contributed by atoms with Gasteiger partial charge in [0.25, 0.3) is 0 Å². The zero-order valence-electron chi connectivity index (χ0n) is 13.7. The van der Waals surface area contributed by atoms with E-state index in [0.29, 0.717) is 5.89 Å². The number of hydrogen-bond donors (Lipinski definition) is 0. The lowest BCUT2D eigenvalue weighted by atomic mass is 10.2. The summed E-state index contributed by atoms with van der Waals surface area (Å²) < 4.78 is 32.0. The molecule has 0 aliphatic carbocycles. The molecule has 0 unspecified atom stereocenters. The first-order valence-electron chi connectivity index (χ1n) is 7.52. The molecule has 7 nitrogen and oxygen atoms in total. The van der Waals surface area contributed by atoms with Gasteiger partial charge in [0.05, 0.1) is 0 Å². The highest BCUT2D eigenvalue weighted by Gasteiger charge is 2.25. The van der Waals surface area contributed by atoms with E-state index in [1.165, 1.54) is 6.20 Å². The second kappa shape index (κ2) is 6.20. The molecule has 0 amide bonds. The molecule has 2 heterocycles. The minimum absolute atomic E-state index is 0.0380. The number of aromatic nitrogens is 4. The summed E-state index contributed by atoms with van der Waals surface area (Å²) in [4.78, 5) is 8.15.